The largest absolute Gasteiger partial charge is 0.294 e. The fraction of sp³-hybridized carbons (Fsp3) is 0.0968. The van der Waals surface area contributed by atoms with Crippen molar-refractivity contribution in [1.82, 2.24) is 0 Å². The highest BCUT2D eigenvalue weighted by atomic mass is 16.1. The van der Waals surface area contributed by atoms with Gasteiger partial charge < -0.3 is 0 Å². The molecule has 0 fully saturated rings. The number of rotatable bonds is 7. The van der Waals surface area contributed by atoms with Crippen LogP contribution in [0.25, 0.3) is 21.5 Å². The van der Waals surface area contributed by atoms with Crippen LogP contribution in [0, 0.1) is 0 Å². The van der Waals surface area contributed by atoms with Crippen LogP contribution in [0.1, 0.15) is 45.0 Å². The van der Waals surface area contributed by atoms with Gasteiger partial charge >= 0.3 is 0 Å². The van der Waals surface area contributed by atoms with Crippen LogP contribution in [0.4, 0.5) is 0 Å². The zero-order valence-electron chi connectivity index (χ0n) is 18.3. The van der Waals surface area contributed by atoms with Crippen molar-refractivity contribution in [2.45, 2.75) is 18.8 Å². The van der Waals surface area contributed by atoms with Crippen LogP contribution in [-0.2, 0) is 0 Å². The lowest BCUT2D eigenvalue weighted by Gasteiger charge is -2.18. The van der Waals surface area contributed by atoms with Crippen molar-refractivity contribution < 1.29 is 9.59 Å². The van der Waals surface area contributed by atoms with Gasteiger partial charge in [-0.15, -0.1) is 0 Å². The second-order valence-electron chi connectivity index (χ2n) is 8.42. The lowest BCUT2D eigenvalue weighted by Crippen LogP contribution is -2.13. The number of ketones is 2. The van der Waals surface area contributed by atoms with E-state index < -0.39 is 0 Å². The minimum absolute atomic E-state index is 0.0556. The first-order chi connectivity index (χ1) is 16.2. The zero-order chi connectivity index (χ0) is 22.6. The van der Waals surface area contributed by atoms with Crippen LogP contribution >= 0.6 is 0 Å². The molecule has 0 aliphatic heterocycles. The van der Waals surface area contributed by atoms with E-state index in [0.29, 0.717) is 12.0 Å². The average molecular weight is 429 g/mol. The molecular weight excluding hydrogens is 404 g/mol. The standard InChI is InChI=1S/C31H24O2/c32-29(23-13-5-2-6-14-23)20-26(22-11-3-1-4-12-22)21-30(33)31-27-17-9-7-15-24(27)19-25-16-8-10-18-28(25)31/h1-19,26H,20-21H2. The molecule has 0 radical (unpaired) electrons. The van der Waals surface area contributed by atoms with Gasteiger partial charge in [0.2, 0.25) is 0 Å². The highest BCUT2D eigenvalue weighted by Crippen LogP contribution is 2.33. The SMILES string of the molecule is O=C(CC(CC(=O)c1c2ccccc2cc2ccccc12)c1ccccc1)c1ccccc1. The molecule has 160 valence electrons. The van der Waals surface area contributed by atoms with Crippen molar-refractivity contribution >= 4 is 33.1 Å². The van der Waals surface area contributed by atoms with Crippen molar-refractivity contribution in [3.05, 3.63) is 132 Å². The second-order valence-corrected chi connectivity index (χ2v) is 8.42. The Hall–Kier alpha value is -4.04. The summed E-state index contributed by atoms with van der Waals surface area (Å²) in [4.78, 5) is 26.9. The monoisotopic (exact) mass is 428 g/mol. The van der Waals surface area contributed by atoms with E-state index in [1.54, 1.807) is 0 Å². The van der Waals surface area contributed by atoms with Crippen molar-refractivity contribution in [2.75, 3.05) is 0 Å². The number of fused-ring (bicyclic) bond motifs is 2. The van der Waals surface area contributed by atoms with E-state index in [0.717, 1.165) is 32.7 Å². The molecule has 2 heteroatoms. The summed E-state index contributed by atoms with van der Waals surface area (Å²) in [5, 5.41) is 4.03. The maximum atomic E-state index is 13.9. The summed E-state index contributed by atoms with van der Waals surface area (Å²) in [6.07, 6.45) is 0.572. The lowest BCUT2D eigenvalue weighted by atomic mass is 9.84. The predicted octanol–water partition coefficient (Wildman–Crippen LogP) is 7.62. The molecule has 0 aliphatic carbocycles. The average Bonchev–Trinajstić information content (AvgIpc) is 2.87. The molecule has 0 spiro atoms. The quantitative estimate of drug-likeness (QED) is 0.197. The first kappa shape index (κ1) is 20.8. The van der Waals surface area contributed by atoms with E-state index in [1.165, 1.54) is 0 Å². The minimum atomic E-state index is -0.191. The van der Waals surface area contributed by atoms with Gasteiger partial charge in [-0.05, 0) is 39.1 Å². The van der Waals surface area contributed by atoms with Crippen molar-refractivity contribution in [1.29, 1.82) is 0 Å². The molecule has 0 aliphatic rings. The molecule has 0 aromatic heterocycles. The lowest BCUT2D eigenvalue weighted by molar-refractivity contribution is 0.0946. The third-order valence-corrected chi connectivity index (χ3v) is 6.28. The van der Waals surface area contributed by atoms with E-state index in [1.807, 2.05) is 109 Å². The smallest absolute Gasteiger partial charge is 0.164 e. The van der Waals surface area contributed by atoms with Gasteiger partial charge in [0.15, 0.2) is 11.6 Å². The molecule has 0 heterocycles. The zero-order valence-corrected chi connectivity index (χ0v) is 18.3. The Morgan fingerprint density at radius 3 is 1.64 bits per heavy atom. The maximum Gasteiger partial charge on any atom is 0.164 e. The summed E-state index contributed by atoms with van der Waals surface area (Å²) in [6.45, 7) is 0. The molecule has 0 saturated carbocycles. The molecule has 5 rings (SSSR count). The first-order valence-corrected chi connectivity index (χ1v) is 11.3. The Bertz CT molecular complexity index is 1380. The van der Waals surface area contributed by atoms with Crippen molar-refractivity contribution in [2.24, 2.45) is 0 Å². The number of carbonyl (C=O) groups excluding carboxylic acids is 2. The molecule has 2 nitrogen and oxygen atoms in total. The predicted molar refractivity (Wildman–Crippen MR) is 135 cm³/mol. The summed E-state index contributed by atoms with van der Waals surface area (Å²) in [7, 11) is 0. The Morgan fingerprint density at radius 1 is 0.545 bits per heavy atom. The van der Waals surface area contributed by atoms with E-state index in [9.17, 15) is 9.59 Å². The number of hydrogen-bond donors (Lipinski definition) is 0. The fourth-order valence-electron chi connectivity index (χ4n) is 4.64. The van der Waals surface area contributed by atoms with Crippen molar-refractivity contribution in [3.63, 3.8) is 0 Å². The molecule has 0 saturated heterocycles. The van der Waals surface area contributed by atoms with E-state index in [-0.39, 0.29) is 23.9 Å². The summed E-state index contributed by atoms with van der Waals surface area (Å²) in [6, 6.07) is 37.4. The van der Waals surface area contributed by atoms with Gasteiger partial charge in [-0.2, -0.15) is 0 Å². The van der Waals surface area contributed by atoms with E-state index in [2.05, 4.69) is 6.07 Å². The Balaban J connectivity index is 1.55. The van der Waals surface area contributed by atoms with Gasteiger partial charge in [0.05, 0.1) is 0 Å². The summed E-state index contributed by atoms with van der Waals surface area (Å²) < 4.78 is 0. The third-order valence-electron chi connectivity index (χ3n) is 6.28. The summed E-state index contributed by atoms with van der Waals surface area (Å²) >= 11 is 0. The number of Topliss-reactive ketones (excluding diaryl/α,β-unsaturated/α-hetero) is 2. The first-order valence-electron chi connectivity index (χ1n) is 11.3. The maximum absolute atomic E-state index is 13.9. The van der Waals surface area contributed by atoms with Crippen LogP contribution in [0.2, 0.25) is 0 Å². The molecular formula is C31H24O2. The van der Waals surface area contributed by atoms with Gasteiger partial charge in [0.1, 0.15) is 0 Å². The molecule has 1 unspecified atom stereocenters. The third kappa shape index (κ3) is 4.33. The molecule has 1 atom stereocenters. The topological polar surface area (TPSA) is 34.1 Å². The molecule has 33 heavy (non-hydrogen) atoms. The molecule has 5 aromatic carbocycles. The van der Waals surface area contributed by atoms with Crippen LogP contribution in [0.15, 0.2) is 115 Å². The van der Waals surface area contributed by atoms with Gasteiger partial charge in [-0.25, -0.2) is 0 Å². The molecule has 0 amide bonds. The fourth-order valence-corrected chi connectivity index (χ4v) is 4.64. The van der Waals surface area contributed by atoms with Crippen LogP contribution < -0.4 is 0 Å². The van der Waals surface area contributed by atoms with Gasteiger partial charge in [-0.3, -0.25) is 9.59 Å². The van der Waals surface area contributed by atoms with Gasteiger partial charge in [0.25, 0.3) is 0 Å². The van der Waals surface area contributed by atoms with Crippen LogP contribution in [0.5, 0.6) is 0 Å². The summed E-state index contributed by atoms with van der Waals surface area (Å²) in [5.41, 5.74) is 2.44. The minimum Gasteiger partial charge on any atom is -0.294 e. The van der Waals surface area contributed by atoms with E-state index in [4.69, 9.17) is 0 Å². The number of benzene rings is 5. The number of carbonyl (C=O) groups is 2. The highest BCUT2D eigenvalue weighted by Gasteiger charge is 2.23. The normalized spacial score (nSPS) is 12.0. The summed E-state index contributed by atoms with van der Waals surface area (Å²) in [5.74, 6) is -0.0677. The van der Waals surface area contributed by atoms with Crippen molar-refractivity contribution in [3.8, 4) is 0 Å². The van der Waals surface area contributed by atoms with Gasteiger partial charge in [0, 0.05) is 24.0 Å². The van der Waals surface area contributed by atoms with Crippen LogP contribution in [-0.4, -0.2) is 11.6 Å². The Labute approximate surface area is 193 Å². The molecule has 0 bridgehead atoms. The highest BCUT2D eigenvalue weighted by molar-refractivity contribution is 6.19. The number of hydrogen-bond acceptors (Lipinski definition) is 2. The molecule has 5 aromatic rings. The molecule has 0 N–H and O–H groups in total. The van der Waals surface area contributed by atoms with Crippen LogP contribution in [0.3, 0.4) is 0 Å². The Kier molecular flexibility index (Phi) is 5.82. The Morgan fingerprint density at radius 2 is 1.03 bits per heavy atom. The van der Waals surface area contributed by atoms with Gasteiger partial charge in [-0.1, -0.05) is 109 Å². The second kappa shape index (κ2) is 9.22. The van der Waals surface area contributed by atoms with E-state index >= 15 is 0 Å².